The van der Waals surface area contributed by atoms with Crippen LogP contribution in [0.1, 0.15) is 17.0 Å². The molecule has 4 rings (SSSR count). The van der Waals surface area contributed by atoms with Gasteiger partial charge in [0.05, 0.1) is 20.3 Å². The van der Waals surface area contributed by atoms with Crippen LogP contribution < -0.4 is 19.7 Å². The van der Waals surface area contributed by atoms with Crippen molar-refractivity contribution >= 4 is 28.5 Å². The molecule has 144 valence electrons. The quantitative estimate of drug-likeness (QED) is 0.736. The summed E-state index contributed by atoms with van der Waals surface area (Å²) in [4.78, 5) is 26.6. The highest BCUT2D eigenvalue weighted by Gasteiger charge is 2.32. The van der Waals surface area contributed by atoms with E-state index >= 15 is 0 Å². The summed E-state index contributed by atoms with van der Waals surface area (Å²) in [6.45, 7) is 0.375. The van der Waals surface area contributed by atoms with Gasteiger partial charge in [0.25, 0.3) is 5.91 Å². The predicted molar refractivity (Wildman–Crippen MR) is 104 cm³/mol. The maximum absolute atomic E-state index is 12.5. The minimum absolute atomic E-state index is 0.0675. The number of amides is 2. The Balaban J connectivity index is 1.48. The molecule has 28 heavy (non-hydrogen) atoms. The Morgan fingerprint density at radius 2 is 1.89 bits per heavy atom. The standard InChI is InChI=1S/C21H20N2O5/c1-26-17-8-7-15(11-18(17)27-2)23-12-14(10-20(23)24)22-21(25)19-9-13-5-3-4-6-16(13)28-19/h3-9,11,14H,10,12H2,1-2H3,(H,22,25)/t14-/m1/s1. The summed E-state index contributed by atoms with van der Waals surface area (Å²) in [7, 11) is 3.10. The van der Waals surface area contributed by atoms with Crippen LogP contribution in [0.5, 0.6) is 11.5 Å². The highest BCUT2D eigenvalue weighted by molar-refractivity contribution is 5.99. The van der Waals surface area contributed by atoms with Crippen LogP contribution in [0, 0.1) is 0 Å². The average Bonchev–Trinajstić information content (AvgIpc) is 3.30. The second-order valence-corrected chi connectivity index (χ2v) is 6.57. The van der Waals surface area contributed by atoms with Crippen molar-refractivity contribution in [2.45, 2.75) is 12.5 Å². The van der Waals surface area contributed by atoms with Gasteiger partial charge in [0.1, 0.15) is 5.58 Å². The van der Waals surface area contributed by atoms with Gasteiger partial charge in [0.2, 0.25) is 5.91 Å². The number of carbonyl (C=O) groups is 2. The second-order valence-electron chi connectivity index (χ2n) is 6.57. The minimum Gasteiger partial charge on any atom is -0.493 e. The van der Waals surface area contributed by atoms with Crippen LogP contribution in [0.25, 0.3) is 11.0 Å². The molecule has 2 amide bonds. The monoisotopic (exact) mass is 380 g/mol. The lowest BCUT2D eigenvalue weighted by molar-refractivity contribution is -0.117. The summed E-state index contributed by atoms with van der Waals surface area (Å²) in [5.41, 5.74) is 1.35. The molecule has 3 aromatic rings. The molecule has 1 aliphatic heterocycles. The van der Waals surface area contributed by atoms with E-state index in [2.05, 4.69) is 5.32 Å². The van der Waals surface area contributed by atoms with Crippen molar-refractivity contribution in [1.82, 2.24) is 5.32 Å². The van der Waals surface area contributed by atoms with E-state index in [1.165, 1.54) is 0 Å². The first kappa shape index (κ1) is 17.9. The van der Waals surface area contributed by atoms with Gasteiger partial charge < -0.3 is 24.1 Å². The topological polar surface area (TPSA) is 81.0 Å². The fourth-order valence-electron chi connectivity index (χ4n) is 3.40. The van der Waals surface area contributed by atoms with Crippen molar-refractivity contribution in [3.8, 4) is 11.5 Å². The van der Waals surface area contributed by atoms with E-state index in [4.69, 9.17) is 13.9 Å². The van der Waals surface area contributed by atoms with Crippen LogP contribution in [0.2, 0.25) is 0 Å². The van der Waals surface area contributed by atoms with E-state index in [1.54, 1.807) is 43.4 Å². The van der Waals surface area contributed by atoms with Crippen molar-refractivity contribution in [3.05, 3.63) is 54.3 Å². The Labute approximate surface area is 161 Å². The fraction of sp³-hybridized carbons (Fsp3) is 0.238. The summed E-state index contributed by atoms with van der Waals surface area (Å²) in [6, 6.07) is 14.1. The Kier molecular flexibility index (Phi) is 4.65. The van der Waals surface area contributed by atoms with Gasteiger partial charge in [-0.2, -0.15) is 0 Å². The number of nitrogens with zero attached hydrogens (tertiary/aromatic N) is 1. The summed E-state index contributed by atoms with van der Waals surface area (Å²) < 4.78 is 16.1. The van der Waals surface area contributed by atoms with Crippen molar-refractivity contribution in [3.63, 3.8) is 0 Å². The molecular weight excluding hydrogens is 360 g/mol. The molecule has 1 fully saturated rings. The van der Waals surface area contributed by atoms with Crippen LogP contribution in [-0.2, 0) is 4.79 Å². The molecule has 0 radical (unpaired) electrons. The Hall–Kier alpha value is -3.48. The third-order valence-corrected chi connectivity index (χ3v) is 4.79. The molecule has 0 aliphatic carbocycles. The maximum Gasteiger partial charge on any atom is 0.287 e. The smallest absolute Gasteiger partial charge is 0.287 e. The first-order chi connectivity index (χ1) is 13.6. The molecule has 0 unspecified atom stereocenters. The molecule has 0 spiro atoms. The summed E-state index contributed by atoms with van der Waals surface area (Å²) >= 11 is 0. The molecule has 2 aromatic carbocycles. The van der Waals surface area contributed by atoms with E-state index in [0.717, 1.165) is 5.39 Å². The van der Waals surface area contributed by atoms with E-state index in [9.17, 15) is 9.59 Å². The third kappa shape index (κ3) is 3.26. The number of carbonyl (C=O) groups excluding carboxylic acids is 2. The fourth-order valence-corrected chi connectivity index (χ4v) is 3.40. The lowest BCUT2D eigenvalue weighted by atomic mass is 10.2. The van der Waals surface area contributed by atoms with Gasteiger partial charge in [-0.15, -0.1) is 0 Å². The normalized spacial score (nSPS) is 16.4. The van der Waals surface area contributed by atoms with Crippen molar-refractivity contribution < 1.29 is 23.5 Å². The highest BCUT2D eigenvalue weighted by Crippen LogP contribution is 2.33. The van der Waals surface area contributed by atoms with Crippen LogP contribution in [0.3, 0.4) is 0 Å². The molecule has 1 atom stereocenters. The zero-order valence-electron chi connectivity index (χ0n) is 15.6. The highest BCUT2D eigenvalue weighted by atomic mass is 16.5. The van der Waals surface area contributed by atoms with Gasteiger partial charge in [0.15, 0.2) is 17.3 Å². The van der Waals surface area contributed by atoms with E-state index in [0.29, 0.717) is 29.3 Å². The number of ether oxygens (including phenoxy) is 2. The molecule has 1 aliphatic rings. The number of hydrogen-bond acceptors (Lipinski definition) is 5. The van der Waals surface area contributed by atoms with Crippen LogP contribution >= 0.6 is 0 Å². The van der Waals surface area contributed by atoms with E-state index < -0.39 is 0 Å². The van der Waals surface area contributed by atoms with Crippen LogP contribution in [0.4, 0.5) is 5.69 Å². The lowest BCUT2D eigenvalue weighted by Crippen LogP contribution is -2.37. The minimum atomic E-state index is -0.330. The van der Waals surface area contributed by atoms with Gasteiger partial charge in [-0.05, 0) is 24.3 Å². The number of benzene rings is 2. The molecule has 1 saturated heterocycles. The average molecular weight is 380 g/mol. The molecule has 1 aromatic heterocycles. The Morgan fingerprint density at radius 3 is 2.64 bits per heavy atom. The first-order valence-corrected chi connectivity index (χ1v) is 8.91. The number of rotatable bonds is 5. The zero-order chi connectivity index (χ0) is 19.7. The summed E-state index contributed by atoms with van der Waals surface area (Å²) in [5, 5.41) is 3.75. The Morgan fingerprint density at radius 1 is 1.11 bits per heavy atom. The number of fused-ring (bicyclic) bond motifs is 1. The lowest BCUT2D eigenvalue weighted by Gasteiger charge is -2.18. The molecule has 1 N–H and O–H groups in total. The van der Waals surface area contributed by atoms with E-state index in [-0.39, 0.29) is 30.0 Å². The summed E-state index contributed by atoms with van der Waals surface area (Å²) in [5.74, 6) is 0.971. The second kappa shape index (κ2) is 7.26. The summed E-state index contributed by atoms with van der Waals surface area (Å²) in [6.07, 6.45) is 0.223. The maximum atomic E-state index is 12.5. The number of methoxy groups -OCH3 is 2. The number of anilines is 1. The number of nitrogens with one attached hydrogen (secondary N) is 1. The number of hydrogen-bond donors (Lipinski definition) is 1. The largest absolute Gasteiger partial charge is 0.493 e. The molecular formula is C21H20N2O5. The molecule has 2 heterocycles. The van der Waals surface area contributed by atoms with Gasteiger partial charge in [-0.1, -0.05) is 18.2 Å². The predicted octanol–water partition coefficient (Wildman–Crippen LogP) is 2.99. The van der Waals surface area contributed by atoms with Crippen LogP contribution in [0.15, 0.2) is 52.9 Å². The Bertz CT molecular complexity index is 1010. The van der Waals surface area contributed by atoms with Crippen molar-refractivity contribution in [1.29, 1.82) is 0 Å². The SMILES string of the molecule is COc1ccc(N2C[C@H](NC(=O)c3cc4ccccc4o3)CC2=O)cc1OC. The molecule has 7 nitrogen and oxygen atoms in total. The van der Waals surface area contributed by atoms with Gasteiger partial charge in [-0.3, -0.25) is 9.59 Å². The van der Waals surface area contributed by atoms with Gasteiger partial charge in [0, 0.05) is 30.1 Å². The number of furan rings is 1. The zero-order valence-corrected chi connectivity index (χ0v) is 15.6. The molecule has 7 heteroatoms. The molecule has 0 bridgehead atoms. The van der Waals surface area contributed by atoms with E-state index in [1.807, 2.05) is 24.3 Å². The molecule has 0 saturated carbocycles. The van der Waals surface area contributed by atoms with Crippen molar-refractivity contribution in [2.24, 2.45) is 0 Å². The third-order valence-electron chi connectivity index (χ3n) is 4.79. The van der Waals surface area contributed by atoms with Gasteiger partial charge >= 0.3 is 0 Å². The first-order valence-electron chi connectivity index (χ1n) is 8.91. The van der Waals surface area contributed by atoms with Crippen LogP contribution in [-0.4, -0.2) is 38.6 Å². The van der Waals surface area contributed by atoms with Crippen molar-refractivity contribution in [2.75, 3.05) is 25.7 Å². The van der Waals surface area contributed by atoms with Gasteiger partial charge in [-0.25, -0.2) is 0 Å². The number of para-hydroxylation sites is 1.